The highest BCUT2D eigenvalue weighted by molar-refractivity contribution is 5.46. The van der Waals surface area contributed by atoms with E-state index in [9.17, 15) is 5.11 Å². The van der Waals surface area contributed by atoms with Crippen LogP contribution in [-0.2, 0) is 0 Å². The average Bonchev–Trinajstić information content (AvgIpc) is 2.47. The lowest BCUT2D eigenvalue weighted by atomic mass is 9.74. The Morgan fingerprint density at radius 2 is 2.11 bits per heavy atom. The van der Waals surface area contributed by atoms with Gasteiger partial charge in [0, 0.05) is 23.7 Å². The Labute approximate surface area is 113 Å². The molecule has 0 aliphatic heterocycles. The average molecular weight is 265 g/mol. The zero-order valence-corrected chi connectivity index (χ0v) is 11.4. The number of hydrogen-bond acceptors (Lipinski definition) is 6. The molecule has 19 heavy (non-hydrogen) atoms. The first-order valence-corrected chi connectivity index (χ1v) is 6.84. The van der Waals surface area contributed by atoms with Crippen LogP contribution in [0.5, 0.6) is 0 Å². The molecule has 2 rings (SSSR count). The number of anilines is 2. The fourth-order valence-corrected chi connectivity index (χ4v) is 2.65. The molecule has 1 fully saturated rings. The summed E-state index contributed by atoms with van der Waals surface area (Å²) in [6, 6.07) is 0. The van der Waals surface area contributed by atoms with Crippen LogP contribution in [0.4, 0.5) is 11.8 Å². The lowest BCUT2D eigenvalue weighted by Gasteiger charge is -2.36. The fourth-order valence-electron chi connectivity index (χ4n) is 2.65. The molecule has 106 valence electrons. The van der Waals surface area contributed by atoms with Gasteiger partial charge in [-0.25, -0.2) is 10.8 Å². The summed E-state index contributed by atoms with van der Waals surface area (Å²) in [7, 11) is 0. The minimum absolute atomic E-state index is 0.00799. The van der Waals surface area contributed by atoms with E-state index in [-0.39, 0.29) is 12.0 Å². The summed E-state index contributed by atoms with van der Waals surface area (Å²) in [4.78, 5) is 8.35. The first-order valence-electron chi connectivity index (χ1n) is 6.84. The number of aliphatic hydroxyl groups excluding tert-OH is 1. The van der Waals surface area contributed by atoms with Crippen molar-refractivity contribution in [2.45, 2.75) is 39.0 Å². The number of rotatable bonds is 5. The van der Waals surface area contributed by atoms with Crippen molar-refractivity contribution in [3.8, 4) is 0 Å². The van der Waals surface area contributed by atoms with Crippen molar-refractivity contribution in [2.24, 2.45) is 11.3 Å². The third-order valence-electron chi connectivity index (χ3n) is 3.98. The maximum Gasteiger partial charge on any atom is 0.239 e. The number of aryl methyl sites for hydroxylation is 1. The molecule has 1 heterocycles. The molecule has 0 radical (unpaired) electrons. The molecule has 0 bridgehead atoms. The van der Waals surface area contributed by atoms with E-state index in [1.54, 1.807) is 6.20 Å². The van der Waals surface area contributed by atoms with Gasteiger partial charge in [-0.2, -0.15) is 4.98 Å². The van der Waals surface area contributed by atoms with E-state index >= 15 is 0 Å². The predicted octanol–water partition coefficient (Wildman–Crippen LogP) is 1.43. The van der Waals surface area contributed by atoms with Crippen LogP contribution < -0.4 is 16.6 Å². The molecule has 0 atom stereocenters. The van der Waals surface area contributed by atoms with E-state index in [1.165, 1.54) is 19.3 Å². The predicted molar refractivity (Wildman–Crippen MR) is 75.7 cm³/mol. The van der Waals surface area contributed by atoms with E-state index in [0.717, 1.165) is 30.8 Å². The number of nitrogens with one attached hydrogen (secondary N) is 2. The van der Waals surface area contributed by atoms with Crippen LogP contribution in [0.15, 0.2) is 6.20 Å². The van der Waals surface area contributed by atoms with E-state index < -0.39 is 0 Å². The van der Waals surface area contributed by atoms with Crippen LogP contribution in [0, 0.1) is 12.3 Å². The van der Waals surface area contributed by atoms with Gasteiger partial charge in [0.15, 0.2) is 0 Å². The lowest BCUT2D eigenvalue weighted by Crippen LogP contribution is -2.36. The number of nitrogens with two attached hydrogens (primary N) is 1. The Morgan fingerprint density at radius 1 is 1.37 bits per heavy atom. The van der Waals surface area contributed by atoms with Crippen molar-refractivity contribution in [3.05, 3.63) is 11.8 Å². The van der Waals surface area contributed by atoms with Crippen molar-refractivity contribution in [3.63, 3.8) is 0 Å². The van der Waals surface area contributed by atoms with Gasteiger partial charge in [0.25, 0.3) is 0 Å². The SMILES string of the molecule is Cc1cnc(NN)nc1NCC1(CO)CCCCC1. The normalized spacial score (nSPS) is 18.1. The van der Waals surface area contributed by atoms with Gasteiger partial charge in [0.1, 0.15) is 5.82 Å². The lowest BCUT2D eigenvalue weighted by molar-refractivity contribution is 0.0943. The number of hydrogen-bond donors (Lipinski definition) is 4. The monoisotopic (exact) mass is 265 g/mol. The van der Waals surface area contributed by atoms with Crippen molar-refractivity contribution >= 4 is 11.8 Å². The number of nitrogen functional groups attached to an aromatic ring is 1. The highest BCUT2D eigenvalue weighted by Gasteiger charge is 2.31. The van der Waals surface area contributed by atoms with Crippen molar-refractivity contribution < 1.29 is 5.11 Å². The summed E-state index contributed by atoms with van der Waals surface area (Å²) < 4.78 is 0. The smallest absolute Gasteiger partial charge is 0.239 e. The van der Waals surface area contributed by atoms with E-state index in [4.69, 9.17) is 5.84 Å². The van der Waals surface area contributed by atoms with Crippen molar-refractivity contribution in [1.29, 1.82) is 0 Å². The number of aliphatic hydroxyl groups is 1. The van der Waals surface area contributed by atoms with Crippen LogP contribution in [0.3, 0.4) is 0 Å². The molecule has 0 spiro atoms. The molecular weight excluding hydrogens is 242 g/mol. The van der Waals surface area contributed by atoms with Crippen LogP contribution in [0.1, 0.15) is 37.7 Å². The number of nitrogens with zero attached hydrogens (tertiary/aromatic N) is 2. The quantitative estimate of drug-likeness (QED) is 0.475. The molecule has 6 nitrogen and oxygen atoms in total. The molecule has 0 saturated heterocycles. The Balaban J connectivity index is 2.04. The van der Waals surface area contributed by atoms with Gasteiger partial charge in [-0.05, 0) is 19.8 Å². The number of hydrazine groups is 1. The standard InChI is InChI=1S/C13H23N5O/c1-10-7-15-12(18-14)17-11(10)16-8-13(9-19)5-3-2-4-6-13/h7,19H,2-6,8-9,14H2,1H3,(H2,15,16,17,18). The van der Waals surface area contributed by atoms with E-state index in [2.05, 4.69) is 20.7 Å². The van der Waals surface area contributed by atoms with Crippen molar-refractivity contribution in [1.82, 2.24) is 9.97 Å². The Hall–Kier alpha value is -1.40. The summed E-state index contributed by atoms with van der Waals surface area (Å²) in [5, 5.41) is 13.0. The minimum Gasteiger partial charge on any atom is -0.396 e. The van der Waals surface area contributed by atoms with Gasteiger partial charge < -0.3 is 10.4 Å². The molecular formula is C13H23N5O. The zero-order valence-electron chi connectivity index (χ0n) is 11.4. The van der Waals surface area contributed by atoms with Crippen LogP contribution in [0.2, 0.25) is 0 Å². The second-order valence-electron chi connectivity index (χ2n) is 5.44. The highest BCUT2D eigenvalue weighted by atomic mass is 16.3. The largest absolute Gasteiger partial charge is 0.396 e. The van der Waals surface area contributed by atoms with Crippen LogP contribution >= 0.6 is 0 Å². The third-order valence-corrected chi connectivity index (χ3v) is 3.98. The fraction of sp³-hybridized carbons (Fsp3) is 0.692. The summed E-state index contributed by atoms with van der Waals surface area (Å²) in [5.41, 5.74) is 3.41. The van der Waals surface area contributed by atoms with Crippen LogP contribution in [-0.4, -0.2) is 28.2 Å². The van der Waals surface area contributed by atoms with Gasteiger partial charge in [-0.3, -0.25) is 5.43 Å². The van der Waals surface area contributed by atoms with Gasteiger partial charge >= 0.3 is 0 Å². The molecule has 1 aromatic rings. The molecule has 1 aliphatic carbocycles. The summed E-state index contributed by atoms with van der Waals surface area (Å²) in [6.07, 6.45) is 7.54. The van der Waals surface area contributed by atoms with E-state index in [1.807, 2.05) is 6.92 Å². The van der Waals surface area contributed by atoms with Gasteiger partial charge in [0.2, 0.25) is 5.95 Å². The summed E-state index contributed by atoms with van der Waals surface area (Å²) in [5.74, 6) is 6.49. The third kappa shape index (κ3) is 3.33. The topological polar surface area (TPSA) is 96.1 Å². The van der Waals surface area contributed by atoms with Gasteiger partial charge in [-0.1, -0.05) is 19.3 Å². The first kappa shape index (κ1) is 14.0. The molecule has 0 unspecified atom stereocenters. The maximum atomic E-state index is 9.68. The molecule has 1 aromatic heterocycles. The molecule has 5 N–H and O–H groups in total. The maximum absolute atomic E-state index is 9.68. The molecule has 1 saturated carbocycles. The Bertz CT molecular complexity index is 417. The molecule has 1 aliphatic rings. The molecule has 0 amide bonds. The van der Waals surface area contributed by atoms with Crippen molar-refractivity contribution in [2.75, 3.05) is 23.9 Å². The Kier molecular flexibility index (Phi) is 4.55. The number of aromatic nitrogens is 2. The molecule has 6 heteroatoms. The van der Waals surface area contributed by atoms with E-state index in [0.29, 0.717) is 5.95 Å². The second-order valence-corrected chi connectivity index (χ2v) is 5.44. The van der Waals surface area contributed by atoms with Crippen LogP contribution in [0.25, 0.3) is 0 Å². The molecule has 0 aromatic carbocycles. The highest BCUT2D eigenvalue weighted by Crippen LogP contribution is 2.36. The minimum atomic E-state index is -0.00799. The summed E-state index contributed by atoms with van der Waals surface area (Å²) in [6.45, 7) is 2.92. The van der Waals surface area contributed by atoms with Gasteiger partial charge in [-0.15, -0.1) is 0 Å². The Morgan fingerprint density at radius 3 is 2.74 bits per heavy atom. The zero-order chi connectivity index (χ0) is 13.7. The summed E-state index contributed by atoms with van der Waals surface area (Å²) >= 11 is 0. The first-order chi connectivity index (χ1) is 9.19. The van der Waals surface area contributed by atoms with Gasteiger partial charge in [0.05, 0.1) is 6.61 Å². The second kappa shape index (κ2) is 6.16.